The average Bonchev–Trinajstić information content (AvgIpc) is 3.19. The van der Waals surface area contributed by atoms with Gasteiger partial charge in [-0.15, -0.1) is 0 Å². The van der Waals surface area contributed by atoms with E-state index in [9.17, 15) is 46.4 Å². The molecule has 6 aromatic rings. The van der Waals surface area contributed by atoms with E-state index in [1.165, 1.54) is 36.4 Å². The van der Waals surface area contributed by atoms with Crippen LogP contribution in [0.15, 0.2) is 107 Å². The molecule has 6 rings (SSSR count). The van der Waals surface area contributed by atoms with Crippen molar-refractivity contribution in [2.45, 2.75) is 22.4 Å². The maximum absolute atomic E-state index is 12.6. The summed E-state index contributed by atoms with van der Waals surface area (Å²) in [5.74, 6) is -0.264. The molecule has 312 valence electrons. The minimum absolute atomic E-state index is 0.0395. The number of aromatic nitrogens is 6. The lowest BCUT2D eigenvalue weighted by Crippen LogP contribution is -2.20. The Labute approximate surface area is 341 Å². The van der Waals surface area contributed by atoms with Crippen LogP contribution < -0.4 is 31.9 Å². The zero-order chi connectivity index (χ0) is 42.9. The Balaban J connectivity index is 1.27. The smallest absolute Gasteiger partial charge is 0.295 e. The molecule has 60 heavy (non-hydrogen) atoms. The SMILES string of the molecule is O=S(=O)(O)c1cc(Nc2nc(NCC(O)O)nc(Nc3ccccc3)n2)ccc1C=Cc1ccc(Nc2nc(NCC(O)O)nc(Nc3ccccc3)n2)cc1S(=O)(=O)O. The summed E-state index contributed by atoms with van der Waals surface area (Å²) in [6.45, 7) is -0.657. The summed E-state index contributed by atoms with van der Waals surface area (Å²) in [7, 11) is -9.81. The van der Waals surface area contributed by atoms with E-state index in [4.69, 9.17) is 0 Å². The molecule has 4 aromatic carbocycles. The predicted molar refractivity (Wildman–Crippen MR) is 221 cm³/mol. The summed E-state index contributed by atoms with van der Waals surface area (Å²) in [6, 6.07) is 25.3. The van der Waals surface area contributed by atoms with Crippen LogP contribution in [0.2, 0.25) is 0 Å². The minimum atomic E-state index is -4.90. The monoisotopic (exact) mass is 860 g/mol. The second-order valence-electron chi connectivity index (χ2n) is 12.4. The van der Waals surface area contributed by atoms with Gasteiger partial charge in [0, 0.05) is 22.7 Å². The van der Waals surface area contributed by atoms with Crippen LogP contribution in [-0.2, 0) is 20.2 Å². The summed E-state index contributed by atoms with van der Waals surface area (Å²) >= 11 is 0. The number of hydrogen-bond acceptors (Lipinski definition) is 20. The van der Waals surface area contributed by atoms with Gasteiger partial charge in [0.05, 0.1) is 13.1 Å². The molecular formula is C36H36N12O10S2. The van der Waals surface area contributed by atoms with Crippen molar-refractivity contribution >= 4 is 90.8 Å². The molecule has 0 amide bonds. The molecule has 0 aliphatic heterocycles. The standard InChI is InChI=1S/C36H36N12O10S2/c49-29(50)19-37-31-43-33(39-23-7-3-1-4-8-23)47-35(45-31)41-25-15-13-21(27(17-25)59(53,54)55)11-12-22-14-16-26(18-28(22)60(56,57)58)42-36-46-32(38-20-30(51)52)44-34(48-36)40-24-9-5-2-6-10-24/h1-18,29-30,49-52H,19-20H2,(H,53,54,55)(H,56,57,58)(H3,37,39,41,43,45,47)(H3,38,40,42,44,46,48). The number of rotatable bonds is 18. The lowest BCUT2D eigenvalue weighted by molar-refractivity contribution is -0.0283. The first-order chi connectivity index (χ1) is 28.6. The van der Waals surface area contributed by atoms with Gasteiger partial charge in [0.1, 0.15) is 9.79 Å². The van der Waals surface area contributed by atoms with E-state index in [0.717, 1.165) is 12.1 Å². The molecule has 0 spiro atoms. The fraction of sp³-hybridized carbons (Fsp3) is 0.111. The van der Waals surface area contributed by atoms with Gasteiger partial charge in [0.25, 0.3) is 20.2 Å². The third-order valence-corrected chi connectivity index (χ3v) is 9.57. The van der Waals surface area contributed by atoms with E-state index in [0.29, 0.717) is 11.4 Å². The third kappa shape index (κ3) is 12.3. The number of aliphatic hydroxyl groups is 4. The van der Waals surface area contributed by atoms with Gasteiger partial charge in [-0.1, -0.05) is 60.7 Å². The van der Waals surface area contributed by atoms with Gasteiger partial charge in [-0.3, -0.25) is 9.11 Å². The molecule has 0 saturated carbocycles. The van der Waals surface area contributed by atoms with E-state index in [2.05, 4.69) is 61.8 Å². The first-order valence-corrected chi connectivity index (χ1v) is 20.3. The van der Waals surface area contributed by atoms with Gasteiger partial charge in [-0.25, -0.2) is 0 Å². The van der Waals surface area contributed by atoms with Crippen molar-refractivity contribution in [3.05, 3.63) is 108 Å². The Kier molecular flexibility index (Phi) is 13.4. The second-order valence-corrected chi connectivity index (χ2v) is 15.1. The van der Waals surface area contributed by atoms with Crippen molar-refractivity contribution in [2.24, 2.45) is 0 Å². The van der Waals surface area contributed by atoms with Gasteiger partial charge >= 0.3 is 0 Å². The van der Waals surface area contributed by atoms with Gasteiger partial charge < -0.3 is 52.3 Å². The first kappa shape index (κ1) is 42.7. The molecule has 2 aromatic heterocycles. The highest BCUT2D eigenvalue weighted by Gasteiger charge is 2.19. The highest BCUT2D eigenvalue weighted by atomic mass is 32.2. The zero-order valence-electron chi connectivity index (χ0n) is 30.8. The zero-order valence-corrected chi connectivity index (χ0v) is 32.4. The van der Waals surface area contributed by atoms with Crippen LogP contribution in [-0.4, -0.2) is 102 Å². The molecule has 0 radical (unpaired) electrons. The second kappa shape index (κ2) is 18.8. The summed E-state index contributed by atoms with van der Waals surface area (Å²) in [5.41, 5.74) is 1.25. The number of aliphatic hydroxyl groups excluding tert-OH is 2. The first-order valence-electron chi connectivity index (χ1n) is 17.4. The molecule has 0 aliphatic carbocycles. The third-order valence-electron chi connectivity index (χ3n) is 7.75. The number of anilines is 10. The summed E-state index contributed by atoms with van der Waals surface area (Å²) in [4.78, 5) is 24.2. The van der Waals surface area contributed by atoms with E-state index in [1.807, 2.05) is 0 Å². The molecule has 0 atom stereocenters. The lowest BCUT2D eigenvalue weighted by Gasteiger charge is -2.13. The molecule has 0 fully saturated rings. The summed E-state index contributed by atoms with van der Waals surface area (Å²) in [6.07, 6.45) is -1.04. The molecule has 24 heteroatoms. The Hall–Kier alpha value is -6.90. The van der Waals surface area contributed by atoms with Gasteiger partial charge in [-0.05, 0) is 59.7 Å². The van der Waals surface area contributed by atoms with Crippen molar-refractivity contribution in [3.8, 4) is 0 Å². The van der Waals surface area contributed by atoms with E-state index < -0.39 is 42.6 Å². The van der Waals surface area contributed by atoms with Gasteiger partial charge in [0.2, 0.25) is 35.7 Å². The molecule has 0 unspecified atom stereocenters. The molecule has 0 bridgehead atoms. The van der Waals surface area contributed by atoms with Crippen molar-refractivity contribution < 1.29 is 46.4 Å². The predicted octanol–water partition coefficient (Wildman–Crippen LogP) is 3.14. The number of nitrogens with one attached hydrogen (secondary N) is 6. The van der Waals surface area contributed by atoms with E-state index in [1.54, 1.807) is 60.7 Å². The fourth-order valence-electron chi connectivity index (χ4n) is 5.18. The quantitative estimate of drug-likeness (QED) is 0.0335. The average molecular weight is 861 g/mol. The van der Waals surface area contributed by atoms with Crippen LogP contribution in [0.4, 0.5) is 58.4 Å². The molecule has 0 aliphatic rings. The molecule has 12 N–H and O–H groups in total. The van der Waals surface area contributed by atoms with Crippen LogP contribution in [0.25, 0.3) is 12.2 Å². The number of para-hydroxylation sites is 2. The Morgan fingerprint density at radius 2 is 0.767 bits per heavy atom. The van der Waals surface area contributed by atoms with Crippen molar-refractivity contribution in [3.63, 3.8) is 0 Å². The van der Waals surface area contributed by atoms with Crippen LogP contribution in [0.3, 0.4) is 0 Å². The Bertz CT molecular complexity index is 2510. The normalized spacial score (nSPS) is 11.8. The maximum atomic E-state index is 12.6. The number of benzene rings is 4. The topological polar surface area (TPSA) is 339 Å². The number of nitrogens with zero attached hydrogens (tertiary/aromatic N) is 6. The van der Waals surface area contributed by atoms with Crippen LogP contribution >= 0.6 is 0 Å². The Morgan fingerprint density at radius 3 is 1.08 bits per heavy atom. The molecule has 22 nitrogen and oxygen atoms in total. The number of hydrogen-bond donors (Lipinski definition) is 12. The van der Waals surface area contributed by atoms with Crippen LogP contribution in [0.5, 0.6) is 0 Å². The highest BCUT2D eigenvalue weighted by molar-refractivity contribution is 7.86. The minimum Gasteiger partial charge on any atom is -0.367 e. The maximum Gasteiger partial charge on any atom is 0.295 e. The van der Waals surface area contributed by atoms with E-state index >= 15 is 0 Å². The largest absolute Gasteiger partial charge is 0.367 e. The van der Waals surface area contributed by atoms with Crippen LogP contribution in [0.1, 0.15) is 11.1 Å². The highest BCUT2D eigenvalue weighted by Crippen LogP contribution is 2.29. The molecule has 2 heterocycles. The summed E-state index contributed by atoms with van der Waals surface area (Å²) in [5, 5.41) is 54.2. The van der Waals surface area contributed by atoms with Gasteiger partial charge in [0.15, 0.2) is 12.6 Å². The van der Waals surface area contributed by atoms with Crippen LogP contribution in [0, 0.1) is 0 Å². The van der Waals surface area contributed by atoms with Crippen molar-refractivity contribution in [1.82, 2.24) is 29.9 Å². The lowest BCUT2D eigenvalue weighted by atomic mass is 10.1. The van der Waals surface area contributed by atoms with Gasteiger partial charge in [-0.2, -0.15) is 46.7 Å². The Morgan fingerprint density at radius 1 is 0.450 bits per heavy atom. The summed E-state index contributed by atoms with van der Waals surface area (Å²) < 4.78 is 70.7. The van der Waals surface area contributed by atoms with Crippen molar-refractivity contribution in [1.29, 1.82) is 0 Å². The fourth-order valence-corrected chi connectivity index (χ4v) is 6.60. The molecular weight excluding hydrogens is 825 g/mol. The molecule has 0 saturated heterocycles. The van der Waals surface area contributed by atoms with E-state index in [-0.39, 0.29) is 71.3 Å². The van der Waals surface area contributed by atoms with Crippen molar-refractivity contribution in [2.75, 3.05) is 45.0 Å².